The molecule has 1 N–H and O–H groups in total. The smallest absolute Gasteiger partial charge is 0.223 e. The molecule has 3 nitrogen and oxygen atoms in total. The molecule has 0 aliphatic heterocycles. The lowest BCUT2D eigenvalue weighted by Crippen LogP contribution is -2.28. The van der Waals surface area contributed by atoms with Gasteiger partial charge in [-0.25, -0.2) is 4.98 Å². The number of carbonyl (C=O) groups excluding carboxylic acids is 1. The van der Waals surface area contributed by atoms with Gasteiger partial charge in [-0.2, -0.15) is 0 Å². The van der Waals surface area contributed by atoms with Gasteiger partial charge in [-0.05, 0) is 6.42 Å². The van der Waals surface area contributed by atoms with Gasteiger partial charge in [-0.15, -0.1) is 11.3 Å². The quantitative estimate of drug-likeness (QED) is 0.907. The van der Waals surface area contributed by atoms with E-state index >= 15 is 0 Å². The SMILES string of the molecule is CCC(C)C(=O)NCc1csc(-c2ccccc2)n1. The van der Waals surface area contributed by atoms with Gasteiger partial charge in [0, 0.05) is 16.9 Å². The number of hydrogen-bond donors (Lipinski definition) is 1. The molecule has 1 atom stereocenters. The van der Waals surface area contributed by atoms with Gasteiger partial charge in [-0.1, -0.05) is 44.2 Å². The van der Waals surface area contributed by atoms with E-state index in [9.17, 15) is 4.79 Å². The maximum atomic E-state index is 11.7. The molecule has 0 aliphatic rings. The van der Waals surface area contributed by atoms with Crippen LogP contribution in [0, 0.1) is 5.92 Å². The highest BCUT2D eigenvalue weighted by atomic mass is 32.1. The second-order valence-electron chi connectivity index (χ2n) is 4.54. The number of rotatable bonds is 5. The van der Waals surface area contributed by atoms with E-state index in [2.05, 4.69) is 10.3 Å². The zero-order valence-electron chi connectivity index (χ0n) is 11.2. The molecule has 1 unspecified atom stereocenters. The van der Waals surface area contributed by atoms with E-state index < -0.39 is 0 Å². The topological polar surface area (TPSA) is 42.0 Å². The van der Waals surface area contributed by atoms with Crippen molar-refractivity contribution in [2.24, 2.45) is 5.92 Å². The summed E-state index contributed by atoms with van der Waals surface area (Å²) in [5.74, 6) is 0.156. The molecule has 0 aliphatic carbocycles. The summed E-state index contributed by atoms with van der Waals surface area (Å²) in [6, 6.07) is 10.1. The van der Waals surface area contributed by atoms with Crippen LogP contribution in [0.4, 0.5) is 0 Å². The van der Waals surface area contributed by atoms with E-state index in [0.717, 1.165) is 22.7 Å². The molecule has 4 heteroatoms. The van der Waals surface area contributed by atoms with E-state index in [1.54, 1.807) is 11.3 Å². The summed E-state index contributed by atoms with van der Waals surface area (Å²) in [5, 5.41) is 5.91. The number of nitrogens with zero attached hydrogens (tertiary/aromatic N) is 1. The second-order valence-corrected chi connectivity index (χ2v) is 5.40. The fourth-order valence-corrected chi connectivity index (χ4v) is 2.46. The molecule has 1 aromatic carbocycles. The third-order valence-electron chi connectivity index (χ3n) is 3.08. The number of hydrogen-bond acceptors (Lipinski definition) is 3. The monoisotopic (exact) mass is 274 g/mol. The number of amides is 1. The van der Waals surface area contributed by atoms with Crippen molar-refractivity contribution in [3.8, 4) is 10.6 Å². The van der Waals surface area contributed by atoms with Crippen molar-refractivity contribution in [3.05, 3.63) is 41.4 Å². The van der Waals surface area contributed by atoms with Gasteiger partial charge in [0.25, 0.3) is 0 Å². The number of carbonyl (C=O) groups is 1. The first-order valence-corrected chi connectivity index (χ1v) is 7.36. The van der Waals surface area contributed by atoms with Crippen LogP contribution in [0.25, 0.3) is 10.6 Å². The highest BCUT2D eigenvalue weighted by Gasteiger charge is 2.11. The van der Waals surface area contributed by atoms with Gasteiger partial charge in [0.1, 0.15) is 5.01 Å². The molecule has 0 fully saturated rings. The van der Waals surface area contributed by atoms with Gasteiger partial charge in [0.05, 0.1) is 12.2 Å². The van der Waals surface area contributed by atoms with Crippen LogP contribution in [-0.4, -0.2) is 10.9 Å². The van der Waals surface area contributed by atoms with Crippen molar-refractivity contribution >= 4 is 17.2 Å². The minimum atomic E-state index is 0.0622. The average Bonchev–Trinajstić information content (AvgIpc) is 2.93. The maximum absolute atomic E-state index is 11.7. The van der Waals surface area contributed by atoms with Gasteiger partial charge >= 0.3 is 0 Å². The molecule has 1 amide bonds. The number of thiazole rings is 1. The fourth-order valence-electron chi connectivity index (χ4n) is 1.64. The summed E-state index contributed by atoms with van der Waals surface area (Å²) < 4.78 is 0. The van der Waals surface area contributed by atoms with E-state index in [0.29, 0.717) is 6.54 Å². The Morgan fingerprint density at radius 1 is 1.37 bits per heavy atom. The molecule has 0 saturated carbocycles. The Morgan fingerprint density at radius 3 is 2.79 bits per heavy atom. The highest BCUT2D eigenvalue weighted by molar-refractivity contribution is 7.13. The van der Waals surface area contributed by atoms with Crippen LogP contribution in [-0.2, 0) is 11.3 Å². The zero-order valence-corrected chi connectivity index (χ0v) is 12.0. The first kappa shape index (κ1) is 13.7. The standard InChI is InChI=1S/C15H18N2OS/c1-3-11(2)14(18)16-9-13-10-19-15(17-13)12-7-5-4-6-8-12/h4-8,10-11H,3,9H2,1-2H3,(H,16,18). The van der Waals surface area contributed by atoms with Crippen LogP contribution in [0.5, 0.6) is 0 Å². The summed E-state index contributed by atoms with van der Waals surface area (Å²) >= 11 is 1.61. The Balaban J connectivity index is 1.97. The fraction of sp³-hybridized carbons (Fsp3) is 0.333. The van der Waals surface area contributed by atoms with Gasteiger partial charge in [0.15, 0.2) is 0 Å². The summed E-state index contributed by atoms with van der Waals surface area (Å²) in [6.45, 7) is 4.46. The summed E-state index contributed by atoms with van der Waals surface area (Å²) in [4.78, 5) is 16.2. The van der Waals surface area contributed by atoms with E-state index in [-0.39, 0.29) is 11.8 Å². The Morgan fingerprint density at radius 2 is 2.11 bits per heavy atom. The summed E-state index contributed by atoms with van der Waals surface area (Å²) in [6.07, 6.45) is 0.859. The predicted molar refractivity (Wildman–Crippen MR) is 78.9 cm³/mol. The van der Waals surface area contributed by atoms with Crippen LogP contribution >= 0.6 is 11.3 Å². The predicted octanol–water partition coefficient (Wildman–Crippen LogP) is 3.47. The van der Waals surface area contributed by atoms with Crippen LogP contribution in [0.15, 0.2) is 35.7 Å². The van der Waals surface area contributed by atoms with Gasteiger partial charge in [-0.3, -0.25) is 4.79 Å². The third-order valence-corrected chi connectivity index (χ3v) is 4.02. The normalized spacial score (nSPS) is 12.1. The van der Waals surface area contributed by atoms with Crippen molar-refractivity contribution < 1.29 is 4.79 Å². The Hall–Kier alpha value is -1.68. The molecule has 0 spiro atoms. The molecule has 1 heterocycles. The lowest BCUT2D eigenvalue weighted by atomic mass is 10.1. The molecular weight excluding hydrogens is 256 g/mol. The van der Waals surface area contributed by atoms with Crippen molar-refractivity contribution in [2.75, 3.05) is 0 Å². The highest BCUT2D eigenvalue weighted by Crippen LogP contribution is 2.23. The molecule has 0 bridgehead atoms. The Kier molecular flexibility index (Phi) is 4.68. The minimum absolute atomic E-state index is 0.0622. The average molecular weight is 274 g/mol. The van der Waals surface area contributed by atoms with Crippen molar-refractivity contribution in [1.29, 1.82) is 0 Å². The zero-order chi connectivity index (χ0) is 13.7. The molecular formula is C15H18N2OS. The Bertz CT molecular complexity index is 536. The number of aromatic nitrogens is 1. The summed E-state index contributed by atoms with van der Waals surface area (Å²) in [5.41, 5.74) is 2.03. The van der Waals surface area contributed by atoms with Crippen LogP contribution in [0.3, 0.4) is 0 Å². The molecule has 19 heavy (non-hydrogen) atoms. The molecule has 1 aromatic heterocycles. The first-order chi connectivity index (χ1) is 9.20. The maximum Gasteiger partial charge on any atom is 0.223 e. The molecule has 2 aromatic rings. The molecule has 2 rings (SSSR count). The Labute approximate surface area is 117 Å². The summed E-state index contributed by atoms with van der Waals surface area (Å²) in [7, 11) is 0. The van der Waals surface area contributed by atoms with Gasteiger partial charge in [0.2, 0.25) is 5.91 Å². The first-order valence-electron chi connectivity index (χ1n) is 6.48. The number of nitrogens with one attached hydrogen (secondary N) is 1. The van der Waals surface area contributed by atoms with Crippen molar-refractivity contribution in [1.82, 2.24) is 10.3 Å². The molecule has 0 radical (unpaired) electrons. The molecule has 100 valence electrons. The van der Waals surface area contributed by atoms with Crippen LogP contribution < -0.4 is 5.32 Å². The number of benzene rings is 1. The van der Waals surface area contributed by atoms with Crippen molar-refractivity contribution in [2.45, 2.75) is 26.8 Å². The lowest BCUT2D eigenvalue weighted by molar-refractivity contribution is -0.124. The van der Waals surface area contributed by atoms with E-state index in [1.807, 2.05) is 49.6 Å². The molecule has 0 saturated heterocycles. The van der Waals surface area contributed by atoms with E-state index in [1.165, 1.54) is 0 Å². The minimum Gasteiger partial charge on any atom is -0.350 e. The van der Waals surface area contributed by atoms with Crippen LogP contribution in [0.1, 0.15) is 26.0 Å². The largest absolute Gasteiger partial charge is 0.350 e. The third kappa shape index (κ3) is 3.64. The van der Waals surface area contributed by atoms with Crippen LogP contribution in [0.2, 0.25) is 0 Å². The second kappa shape index (κ2) is 6.48. The lowest BCUT2D eigenvalue weighted by Gasteiger charge is -2.08. The van der Waals surface area contributed by atoms with E-state index in [4.69, 9.17) is 0 Å². The van der Waals surface area contributed by atoms with Crippen molar-refractivity contribution in [3.63, 3.8) is 0 Å². The van der Waals surface area contributed by atoms with Gasteiger partial charge < -0.3 is 5.32 Å².